The topological polar surface area (TPSA) is 97.0 Å². The molecule has 2 aromatic rings. The second-order valence-corrected chi connectivity index (χ2v) is 11.3. The van der Waals surface area contributed by atoms with Crippen LogP contribution in [0.1, 0.15) is 38.2 Å². The number of benzene rings is 2. The lowest BCUT2D eigenvalue weighted by molar-refractivity contribution is -0.142. The van der Waals surface area contributed by atoms with E-state index in [-0.39, 0.29) is 30.3 Å². The van der Waals surface area contributed by atoms with Crippen LogP contribution in [0.2, 0.25) is 0 Å². The highest BCUT2D eigenvalue weighted by Gasteiger charge is 2.72. The normalized spacial score (nSPS) is 32.7. The van der Waals surface area contributed by atoms with Crippen molar-refractivity contribution in [1.29, 1.82) is 0 Å². The van der Waals surface area contributed by atoms with Crippen molar-refractivity contribution in [3.63, 3.8) is 0 Å². The van der Waals surface area contributed by atoms with Gasteiger partial charge in [0.2, 0.25) is 17.7 Å². The van der Waals surface area contributed by atoms with Crippen LogP contribution in [0.25, 0.3) is 0 Å². The van der Waals surface area contributed by atoms with Gasteiger partial charge in [0.25, 0.3) is 0 Å². The van der Waals surface area contributed by atoms with E-state index >= 15 is 0 Å². The van der Waals surface area contributed by atoms with E-state index < -0.39 is 29.6 Å². The van der Waals surface area contributed by atoms with Gasteiger partial charge in [0, 0.05) is 24.3 Å². The van der Waals surface area contributed by atoms with Gasteiger partial charge < -0.3 is 25.0 Å². The molecule has 4 aliphatic rings. The van der Waals surface area contributed by atoms with Gasteiger partial charge in [-0.2, -0.15) is 0 Å². The molecule has 204 valence electrons. The lowest BCUT2D eigenvalue weighted by Gasteiger charge is -2.36. The number of carbonyl (C=O) groups excluding carboxylic acids is 3. The number of likely N-dealkylation sites (tertiary alicyclic amines) is 1. The maximum absolute atomic E-state index is 14.1. The second-order valence-electron chi connectivity index (χ2n) is 11.3. The number of anilines is 1. The number of methoxy groups -OCH3 is 1. The van der Waals surface area contributed by atoms with Crippen molar-refractivity contribution in [2.24, 2.45) is 17.8 Å². The van der Waals surface area contributed by atoms with Gasteiger partial charge in [-0.1, -0.05) is 68.3 Å². The Morgan fingerprint density at radius 2 is 1.87 bits per heavy atom. The predicted molar refractivity (Wildman–Crippen MR) is 146 cm³/mol. The number of nitrogens with one attached hydrogen (secondary N) is 2. The quantitative estimate of drug-likeness (QED) is 0.534. The number of fused-ring (bicyclic) bond motifs is 1. The Balaban J connectivity index is 1.32. The fourth-order valence-electron chi connectivity index (χ4n) is 6.94. The van der Waals surface area contributed by atoms with Crippen molar-refractivity contribution in [3.8, 4) is 5.75 Å². The minimum absolute atomic E-state index is 0.0603. The van der Waals surface area contributed by atoms with Gasteiger partial charge in [-0.25, -0.2) is 0 Å². The van der Waals surface area contributed by atoms with Crippen molar-refractivity contribution in [2.75, 3.05) is 12.4 Å². The highest BCUT2D eigenvalue weighted by Crippen LogP contribution is 2.55. The van der Waals surface area contributed by atoms with E-state index in [2.05, 4.69) is 17.6 Å². The standard InChI is InChI=1S/C31H35N3O5/c1-19-9-6-7-14-23(19)33-29(36)27-31-16-15-24(39-31)25(28(35)32-21-12-8-13-22(17-21)38-2)26(31)30(37)34(27)18-20-10-4-3-5-11-20/h3-5,8,10-13,15-17,19,23-27H,6-7,9,14,18H2,1-2H3,(H,32,35)(H,33,36)/t19?,23?,24-,25?,26-,27?,31?/m0/s1. The molecule has 3 heterocycles. The highest BCUT2D eigenvalue weighted by atomic mass is 16.5. The molecule has 39 heavy (non-hydrogen) atoms. The third-order valence-electron chi connectivity index (χ3n) is 8.90. The SMILES string of the molecule is COc1cccc(NC(=O)C2[C@@H]3C=CC4(O3)C(C(=O)NC3CCCCC3C)N(Cc3ccccc3)C(=O)[C@H]24)c1. The third kappa shape index (κ3) is 4.40. The molecule has 0 radical (unpaired) electrons. The summed E-state index contributed by atoms with van der Waals surface area (Å²) in [6.07, 6.45) is 7.36. The largest absolute Gasteiger partial charge is 0.497 e. The van der Waals surface area contributed by atoms with Crippen LogP contribution < -0.4 is 15.4 Å². The zero-order chi connectivity index (χ0) is 27.1. The van der Waals surface area contributed by atoms with Gasteiger partial charge >= 0.3 is 0 Å². The van der Waals surface area contributed by atoms with Crippen LogP contribution >= 0.6 is 0 Å². The molecule has 2 saturated heterocycles. The maximum Gasteiger partial charge on any atom is 0.246 e. The first-order valence-electron chi connectivity index (χ1n) is 13.9. The molecule has 3 fully saturated rings. The third-order valence-corrected chi connectivity index (χ3v) is 8.90. The van der Waals surface area contributed by atoms with Crippen molar-refractivity contribution in [2.45, 2.75) is 62.9 Å². The Morgan fingerprint density at radius 1 is 1.08 bits per heavy atom. The molecule has 1 spiro atoms. The van der Waals surface area contributed by atoms with Gasteiger partial charge in [0.1, 0.15) is 17.4 Å². The van der Waals surface area contributed by atoms with Gasteiger partial charge in [-0.15, -0.1) is 0 Å². The number of amides is 3. The Labute approximate surface area is 228 Å². The summed E-state index contributed by atoms with van der Waals surface area (Å²) in [4.78, 5) is 43.5. The zero-order valence-electron chi connectivity index (χ0n) is 22.3. The Kier molecular flexibility index (Phi) is 6.67. The lowest BCUT2D eigenvalue weighted by Crippen LogP contribution is -2.57. The van der Waals surface area contributed by atoms with Gasteiger partial charge in [-0.05, 0) is 36.5 Å². The second kappa shape index (κ2) is 10.2. The van der Waals surface area contributed by atoms with Crippen molar-refractivity contribution >= 4 is 23.4 Å². The molecule has 6 rings (SSSR count). The molecular weight excluding hydrogens is 494 g/mol. The average Bonchev–Trinajstić information content (AvgIpc) is 3.58. The highest BCUT2D eigenvalue weighted by molar-refractivity contribution is 6.02. The van der Waals surface area contributed by atoms with Crippen LogP contribution in [0.5, 0.6) is 5.75 Å². The summed E-state index contributed by atoms with van der Waals surface area (Å²) in [6.45, 7) is 2.44. The molecule has 1 aliphatic carbocycles. The first kappa shape index (κ1) is 25.6. The Hall–Kier alpha value is -3.65. The summed E-state index contributed by atoms with van der Waals surface area (Å²) in [7, 11) is 1.57. The van der Waals surface area contributed by atoms with Crippen LogP contribution in [0, 0.1) is 17.8 Å². The summed E-state index contributed by atoms with van der Waals surface area (Å²) in [5, 5.41) is 6.22. The fraction of sp³-hybridized carbons (Fsp3) is 0.452. The summed E-state index contributed by atoms with van der Waals surface area (Å²) >= 11 is 0. The van der Waals surface area contributed by atoms with Crippen LogP contribution in [0.15, 0.2) is 66.7 Å². The van der Waals surface area contributed by atoms with E-state index in [1.165, 1.54) is 6.42 Å². The van der Waals surface area contributed by atoms with Gasteiger partial charge in [-0.3, -0.25) is 14.4 Å². The van der Waals surface area contributed by atoms with E-state index in [0.717, 1.165) is 24.8 Å². The molecule has 3 aliphatic heterocycles. The average molecular weight is 530 g/mol. The van der Waals surface area contributed by atoms with E-state index in [1.807, 2.05) is 42.5 Å². The summed E-state index contributed by atoms with van der Waals surface area (Å²) < 4.78 is 11.8. The van der Waals surface area contributed by atoms with Crippen molar-refractivity contribution in [1.82, 2.24) is 10.2 Å². The van der Waals surface area contributed by atoms with Crippen molar-refractivity contribution < 1.29 is 23.9 Å². The Morgan fingerprint density at radius 3 is 2.64 bits per heavy atom. The van der Waals surface area contributed by atoms with E-state index in [0.29, 0.717) is 17.4 Å². The predicted octanol–water partition coefficient (Wildman–Crippen LogP) is 3.68. The zero-order valence-corrected chi connectivity index (χ0v) is 22.3. The molecule has 2 N–H and O–H groups in total. The molecule has 0 aromatic heterocycles. The molecule has 3 amide bonds. The summed E-state index contributed by atoms with van der Waals surface area (Å²) in [6, 6.07) is 15.9. The monoisotopic (exact) mass is 529 g/mol. The molecule has 8 nitrogen and oxygen atoms in total. The number of hydrogen-bond acceptors (Lipinski definition) is 5. The smallest absolute Gasteiger partial charge is 0.246 e. The van der Waals surface area contributed by atoms with Crippen LogP contribution in [0.4, 0.5) is 5.69 Å². The fourth-order valence-corrected chi connectivity index (χ4v) is 6.94. The first-order valence-corrected chi connectivity index (χ1v) is 13.9. The van der Waals surface area contributed by atoms with Gasteiger partial charge in [0.05, 0.1) is 25.0 Å². The van der Waals surface area contributed by atoms with E-state index in [4.69, 9.17) is 9.47 Å². The molecule has 8 heteroatoms. The summed E-state index contributed by atoms with van der Waals surface area (Å²) in [5.41, 5.74) is 0.309. The molecule has 2 aromatic carbocycles. The van der Waals surface area contributed by atoms with Gasteiger partial charge in [0.15, 0.2) is 0 Å². The van der Waals surface area contributed by atoms with Crippen LogP contribution in [-0.2, 0) is 25.7 Å². The van der Waals surface area contributed by atoms with Crippen LogP contribution in [0.3, 0.4) is 0 Å². The number of ether oxygens (including phenoxy) is 2. The Bertz CT molecular complexity index is 1300. The minimum Gasteiger partial charge on any atom is -0.497 e. The molecule has 2 bridgehead atoms. The number of hydrogen-bond donors (Lipinski definition) is 2. The van der Waals surface area contributed by atoms with E-state index in [1.54, 1.807) is 36.3 Å². The van der Waals surface area contributed by atoms with Crippen LogP contribution in [-0.4, -0.2) is 53.5 Å². The maximum atomic E-state index is 14.1. The molecular formula is C31H35N3O5. The number of carbonyl (C=O) groups is 3. The molecule has 7 atom stereocenters. The first-order chi connectivity index (χ1) is 18.9. The number of nitrogens with zero attached hydrogens (tertiary/aromatic N) is 1. The minimum atomic E-state index is -1.19. The molecule has 5 unspecified atom stereocenters. The number of rotatable bonds is 7. The molecule has 1 saturated carbocycles. The lowest BCUT2D eigenvalue weighted by atomic mass is 9.74. The summed E-state index contributed by atoms with van der Waals surface area (Å²) in [5.74, 6) is -1.30. The van der Waals surface area contributed by atoms with Crippen molar-refractivity contribution in [3.05, 3.63) is 72.3 Å². The van der Waals surface area contributed by atoms with E-state index in [9.17, 15) is 14.4 Å².